The van der Waals surface area contributed by atoms with E-state index in [1.165, 1.54) is 22.3 Å². The first-order chi connectivity index (χ1) is 14.2. The molecule has 3 aromatic rings. The summed E-state index contributed by atoms with van der Waals surface area (Å²) in [6.45, 7) is 2.28. The number of nitrogens with one attached hydrogen (secondary N) is 1. The largest absolute Gasteiger partial charge is 0.448 e. The van der Waals surface area contributed by atoms with Crippen molar-refractivity contribution < 1.29 is 9.53 Å². The van der Waals surface area contributed by atoms with Gasteiger partial charge in [0.25, 0.3) is 0 Å². The van der Waals surface area contributed by atoms with E-state index in [9.17, 15) is 4.79 Å². The second-order valence-electron chi connectivity index (χ2n) is 7.53. The number of amides is 1. The Hall–Kier alpha value is -2.61. The number of piperazine rings is 1. The summed E-state index contributed by atoms with van der Waals surface area (Å²) in [4.78, 5) is 14.7. The third-order valence-electron chi connectivity index (χ3n) is 5.78. The van der Waals surface area contributed by atoms with Crippen molar-refractivity contribution in [2.75, 3.05) is 26.2 Å². The predicted octanol–water partition coefficient (Wildman–Crippen LogP) is 3.55. The Balaban J connectivity index is 0.00000136. The third-order valence-corrected chi connectivity index (χ3v) is 5.78. The van der Waals surface area contributed by atoms with E-state index in [0.717, 1.165) is 12.2 Å². The van der Waals surface area contributed by atoms with Gasteiger partial charge in [-0.2, -0.15) is 0 Å². The summed E-state index contributed by atoms with van der Waals surface area (Å²) in [6.07, 6.45) is 1.55. The van der Waals surface area contributed by atoms with Crippen LogP contribution in [0.2, 0.25) is 0 Å². The van der Waals surface area contributed by atoms with Crippen molar-refractivity contribution in [3.63, 3.8) is 0 Å². The van der Waals surface area contributed by atoms with Gasteiger partial charge in [0, 0.05) is 32.6 Å². The fourth-order valence-electron chi connectivity index (χ4n) is 4.38. The molecule has 1 atom stereocenters. The molecule has 7 nitrogen and oxygen atoms in total. The number of carbonyl (C=O) groups excluding carboxylic acids is 1. The Bertz CT molecular complexity index is 1010. The van der Waals surface area contributed by atoms with Crippen LogP contribution in [-0.4, -0.2) is 52.2 Å². The van der Waals surface area contributed by atoms with Crippen molar-refractivity contribution in [3.05, 3.63) is 71.5 Å². The molecule has 5 rings (SSSR count). The highest BCUT2D eigenvalue weighted by Crippen LogP contribution is 2.44. The summed E-state index contributed by atoms with van der Waals surface area (Å²) in [6, 6.07) is 16.5. The summed E-state index contributed by atoms with van der Waals surface area (Å²) >= 11 is 0. The number of aryl methyl sites for hydroxylation is 1. The maximum Gasteiger partial charge on any atom is 0.410 e. The lowest BCUT2D eigenvalue weighted by Gasteiger charge is -2.34. The number of hydrogen-bond donors (Lipinski definition) is 1. The number of ether oxygens (including phenoxy) is 1. The van der Waals surface area contributed by atoms with E-state index in [0.29, 0.717) is 19.7 Å². The predicted molar refractivity (Wildman–Crippen MR) is 123 cm³/mol. The number of hydrogen-bond acceptors (Lipinski definition) is 5. The van der Waals surface area contributed by atoms with E-state index in [1.807, 2.05) is 25.4 Å². The summed E-state index contributed by atoms with van der Waals surface area (Å²) in [5, 5.41) is 11.5. The van der Waals surface area contributed by atoms with Crippen LogP contribution >= 0.6 is 24.8 Å². The molecule has 1 aliphatic heterocycles. The van der Waals surface area contributed by atoms with Crippen LogP contribution in [0.5, 0.6) is 0 Å². The normalized spacial score (nSPS) is 17.2. The second-order valence-corrected chi connectivity index (χ2v) is 7.53. The van der Waals surface area contributed by atoms with Crippen LogP contribution in [0.25, 0.3) is 11.1 Å². The van der Waals surface area contributed by atoms with Gasteiger partial charge in [-0.1, -0.05) is 53.7 Å². The zero-order valence-electron chi connectivity index (χ0n) is 17.1. The molecule has 1 aliphatic carbocycles. The first-order valence-electron chi connectivity index (χ1n) is 9.91. The molecule has 2 aromatic carbocycles. The summed E-state index contributed by atoms with van der Waals surface area (Å²) in [5.74, 6) is 0.0595. The molecule has 0 radical (unpaired) electrons. The number of benzene rings is 2. The summed E-state index contributed by atoms with van der Waals surface area (Å²) in [5.41, 5.74) is 5.65. The van der Waals surface area contributed by atoms with Crippen molar-refractivity contribution in [2.24, 2.45) is 7.05 Å². The monoisotopic (exact) mass is 461 g/mol. The van der Waals surface area contributed by atoms with Crippen molar-refractivity contribution in [3.8, 4) is 11.1 Å². The Kier molecular flexibility index (Phi) is 7.20. The van der Waals surface area contributed by atoms with Gasteiger partial charge in [-0.25, -0.2) is 4.79 Å². The number of nitrogens with zero attached hydrogens (tertiary/aromatic N) is 4. The highest BCUT2D eigenvalue weighted by atomic mass is 35.5. The van der Waals surface area contributed by atoms with Crippen LogP contribution in [0, 0.1) is 0 Å². The van der Waals surface area contributed by atoms with E-state index < -0.39 is 0 Å². The highest BCUT2D eigenvalue weighted by Gasteiger charge is 2.33. The minimum Gasteiger partial charge on any atom is -0.448 e. The van der Waals surface area contributed by atoms with Crippen molar-refractivity contribution in [2.45, 2.75) is 12.0 Å². The van der Waals surface area contributed by atoms with Crippen molar-refractivity contribution in [1.29, 1.82) is 0 Å². The molecule has 1 fully saturated rings. The Labute approximate surface area is 193 Å². The molecule has 1 N–H and O–H groups in total. The van der Waals surface area contributed by atoms with Gasteiger partial charge in [0.2, 0.25) is 0 Å². The average molecular weight is 462 g/mol. The van der Waals surface area contributed by atoms with E-state index in [-0.39, 0.29) is 42.9 Å². The van der Waals surface area contributed by atoms with Crippen LogP contribution < -0.4 is 5.32 Å². The van der Waals surface area contributed by atoms with Gasteiger partial charge in [-0.15, -0.1) is 29.9 Å². The summed E-state index contributed by atoms with van der Waals surface area (Å²) < 4.78 is 7.49. The molecule has 164 valence electrons. The van der Waals surface area contributed by atoms with Gasteiger partial charge in [0.05, 0.1) is 12.2 Å². The number of carbonyl (C=O) groups is 1. The molecule has 31 heavy (non-hydrogen) atoms. The lowest BCUT2D eigenvalue weighted by atomic mass is 9.98. The van der Waals surface area contributed by atoms with E-state index in [4.69, 9.17) is 4.74 Å². The third kappa shape index (κ3) is 4.26. The van der Waals surface area contributed by atoms with Gasteiger partial charge < -0.3 is 10.1 Å². The number of fused-ring (bicyclic) bond motifs is 3. The standard InChI is InChI=1S/C22H23N5O2.2ClH/c1-26-13-20(24-25-26)21-12-23-10-11-27(21)22(28)29-14-19-17-8-4-2-6-15(17)16-7-3-5-9-18(16)19;;/h2-9,13,19,21,23H,10-12,14H2,1H3;2*1H. The number of halogens is 2. The van der Waals surface area contributed by atoms with E-state index in [1.54, 1.807) is 9.58 Å². The molecule has 0 bridgehead atoms. The van der Waals surface area contributed by atoms with E-state index >= 15 is 0 Å². The Morgan fingerprint density at radius 2 is 1.74 bits per heavy atom. The van der Waals surface area contributed by atoms with Crippen LogP contribution in [0.15, 0.2) is 54.7 Å². The van der Waals surface area contributed by atoms with E-state index in [2.05, 4.69) is 52.0 Å². The molecule has 0 saturated carbocycles. The van der Waals surface area contributed by atoms with Crippen LogP contribution in [0.4, 0.5) is 4.79 Å². The molecular weight excluding hydrogens is 437 g/mol. The fraction of sp³-hybridized carbons (Fsp3) is 0.318. The van der Waals surface area contributed by atoms with Gasteiger partial charge >= 0.3 is 6.09 Å². The molecule has 9 heteroatoms. The first kappa shape index (κ1) is 23.1. The average Bonchev–Trinajstić information content (AvgIpc) is 3.33. The molecule has 2 aliphatic rings. The van der Waals surface area contributed by atoms with Gasteiger partial charge in [0.15, 0.2) is 0 Å². The minimum atomic E-state index is -0.302. The van der Waals surface area contributed by atoms with Gasteiger partial charge in [-0.3, -0.25) is 9.58 Å². The van der Waals surface area contributed by atoms with Crippen LogP contribution in [0.1, 0.15) is 28.8 Å². The molecule has 1 aromatic heterocycles. The van der Waals surface area contributed by atoms with Crippen molar-refractivity contribution in [1.82, 2.24) is 25.2 Å². The summed E-state index contributed by atoms with van der Waals surface area (Å²) in [7, 11) is 1.82. The zero-order chi connectivity index (χ0) is 19.8. The molecule has 1 unspecified atom stereocenters. The second kappa shape index (κ2) is 9.68. The van der Waals surface area contributed by atoms with Crippen LogP contribution in [-0.2, 0) is 11.8 Å². The number of aromatic nitrogens is 3. The van der Waals surface area contributed by atoms with Crippen molar-refractivity contribution >= 4 is 30.9 Å². The smallest absolute Gasteiger partial charge is 0.410 e. The quantitative estimate of drug-likeness (QED) is 0.645. The van der Waals surface area contributed by atoms with Crippen LogP contribution in [0.3, 0.4) is 0 Å². The lowest BCUT2D eigenvalue weighted by molar-refractivity contribution is 0.0743. The zero-order valence-corrected chi connectivity index (χ0v) is 18.7. The molecule has 2 heterocycles. The van der Waals surface area contributed by atoms with Gasteiger partial charge in [-0.05, 0) is 22.3 Å². The Morgan fingerprint density at radius 3 is 2.35 bits per heavy atom. The maximum atomic E-state index is 13.0. The highest BCUT2D eigenvalue weighted by molar-refractivity contribution is 5.85. The lowest BCUT2D eigenvalue weighted by Crippen LogP contribution is -2.49. The Morgan fingerprint density at radius 1 is 1.10 bits per heavy atom. The minimum absolute atomic E-state index is 0. The molecular formula is C22H25Cl2N5O2. The topological polar surface area (TPSA) is 72.3 Å². The number of rotatable bonds is 3. The maximum absolute atomic E-state index is 13.0. The first-order valence-corrected chi connectivity index (χ1v) is 9.91. The SMILES string of the molecule is Cl.Cl.Cn1cc(C2CNCCN2C(=O)OCC2c3ccccc3-c3ccccc32)nn1. The van der Waals surface area contributed by atoms with Gasteiger partial charge in [0.1, 0.15) is 12.3 Å². The fourth-order valence-corrected chi connectivity index (χ4v) is 4.38. The molecule has 1 saturated heterocycles. The molecule has 1 amide bonds. The molecule has 0 spiro atoms.